The molecule has 0 aliphatic carbocycles. The van der Waals surface area contributed by atoms with Crippen molar-refractivity contribution in [3.8, 4) is 11.4 Å². The molecule has 1 amide bonds. The molecule has 1 unspecified atom stereocenters. The number of hydrogen-bond acceptors (Lipinski definition) is 6. The fourth-order valence-electron chi connectivity index (χ4n) is 3.00. The van der Waals surface area contributed by atoms with Crippen molar-refractivity contribution in [3.05, 3.63) is 89.8 Å². The fourth-order valence-corrected chi connectivity index (χ4v) is 3.00. The van der Waals surface area contributed by atoms with E-state index in [2.05, 4.69) is 25.8 Å². The van der Waals surface area contributed by atoms with Gasteiger partial charge in [-0.25, -0.2) is 9.97 Å². The van der Waals surface area contributed by atoms with Crippen molar-refractivity contribution in [1.29, 1.82) is 0 Å². The van der Waals surface area contributed by atoms with Crippen LogP contribution in [0.4, 0.5) is 11.6 Å². The van der Waals surface area contributed by atoms with Crippen LogP contribution < -0.4 is 10.6 Å². The van der Waals surface area contributed by atoms with E-state index in [9.17, 15) is 4.79 Å². The maximum atomic E-state index is 13.0. The zero-order valence-corrected chi connectivity index (χ0v) is 16.7. The summed E-state index contributed by atoms with van der Waals surface area (Å²) in [4.78, 5) is 22.0. The van der Waals surface area contributed by atoms with Crippen LogP contribution in [0.3, 0.4) is 0 Å². The van der Waals surface area contributed by atoms with Crippen LogP contribution in [0.5, 0.6) is 0 Å². The van der Waals surface area contributed by atoms with Crippen LogP contribution in [-0.2, 0) is 0 Å². The first kappa shape index (κ1) is 19.3. The third kappa shape index (κ3) is 4.52. The number of carbonyl (C=O) groups excluding carboxylic acids is 1. The molecule has 2 heterocycles. The van der Waals surface area contributed by atoms with Gasteiger partial charge >= 0.3 is 0 Å². The van der Waals surface area contributed by atoms with Gasteiger partial charge in [0.25, 0.3) is 5.91 Å². The second kappa shape index (κ2) is 8.57. The van der Waals surface area contributed by atoms with Gasteiger partial charge in [-0.2, -0.15) is 0 Å². The molecule has 0 saturated heterocycles. The van der Waals surface area contributed by atoms with E-state index >= 15 is 0 Å². The Kier molecular flexibility index (Phi) is 5.52. The minimum Gasteiger partial charge on any atom is -0.360 e. The van der Waals surface area contributed by atoms with E-state index in [1.165, 1.54) is 0 Å². The highest BCUT2D eigenvalue weighted by Crippen LogP contribution is 2.21. The van der Waals surface area contributed by atoms with Crippen LogP contribution in [0.1, 0.15) is 34.8 Å². The second-order valence-electron chi connectivity index (χ2n) is 6.88. The standard InChI is InChI=1S/C23H21N5O2/c1-15-13-21(28-30-15)26-20-14-19(25-22(27-20)18-11-7-4-8-12-18)23(29)24-16(2)17-9-5-3-6-10-17/h3-14,16H,1-2H3,(H,24,29)(H,25,26,27,28). The molecule has 30 heavy (non-hydrogen) atoms. The summed E-state index contributed by atoms with van der Waals surface area (Å²) in [7, 11) is 0. The zero-order chi connectivity index (χ0) is 20.9. The van der Waals surface area contributed by atoms with Crippen molar-refractivity contribution in [2.45, 2.75) is 19.9 Å². The summed E-state index contributed by atoms with van der Waals surface area (Å²) in [6.45, 7) is 3.74. The van der Waals surface area contributed by atoms with E-state index in [4.69, 9.17) is 4.52 Å². The SMILES string of the molecule is Cc1cc(Nc2cc(C(=O)NC(C)c3ccccc3)nc(-c3ccccc3)n2)no1. The van der Waals surface area contributed by atoms with Crippen LogP contribution in [-0.4, -0.2) is 21.0 Å². The molecule has 0 radical (unpaired) electrons. The van der Waals surface area contributed by atoms with Gasteiger partial charge in [-0.3, -0.25) is 4.79 Å². The molecule has 2 aromatic carbocycles. The number of anilines is 2. The van der Waals surface area contributed by atoms with Crippen LogP contribution in [0, 0.1) is 6.92 Å². The van der Waals surface area contributed by atoms with E-state index in [0.717, 1.165) is 11.1 Å². The Balaban J connectivity index is 1.65. The third-order valence-corrected chi connectivity index (χ3v) is 4.52. The highest BCUT2D eigenvalue weighted by Gasteiger charge is 2.16. The van der Waals surface area contributed by atoms with Crippen molar-refractivity contribution in [3.63, 3.8) is 0 Å². The molecule has 7 nitrogen and oxygen atoms in total. The Morgan fingerprint density at radius 2 is 1.63 bits per heavy atom. The minimum absolute atomic E-state index is 0.163. The van der Waals surface area contributed by atoms with E-state index in [-0.39, 0.29) is 17.6 Å². The monoisotopic (exact) mass is 399 g/mol. The van der Waals surface area contributed by atoms with Crippen molar-refractivity contribution >= 4 is 17.5 Å². The minimum atomic E-state index is -0.287. The Morgan fingerprint density at radius 3 is 2.30 bits per heavy atom. The molecule has 4 aromatic rings. The van der Waals surface area contributed by atoms with Gasteiger partial charge in [0.2, 0.25) is 0 Å². The van der Waals surface area contributed by atoms with Crippen molar-refractivity contribution in [2.24, 2.45) is 0 Å². The summed E-state index contributed by atoms with van der Waals surface area (Å²) in [6, 6.07) is 22.5. The predicted molar refractivity (Wildman–Crippen MR) is 114 cm³/mol. The lowest BCUT2D eigenvalue weighted by molar-refractivity contribution is 0.0935. The molecule has 0 fully saturated rings. The predicted octanol–water partition coefficient (Wildman–Crippen LogP) is 4.67. The van der Waals surface area contributed by atoms with Gasteiger partial charge in [0, 0.05) is 17.7 Å². The molecule has 4 rings (SSSR count). The third-order valence-electron chi connectivity index (χ3n) is 4.52. The average Bonchev–Trinajstić information content (AvgIpc) is 3.19. The normalized spacial score (nSPS) is 11.7. The number of aryl methyl sites for hydroxylation is 1. The fraction of sp³-hybridized carbons (Fsp3) is 0.130. The van der Waals surface area contributed by atoms with Crippen LogP contribution >= 0.6 is 0 Å². The highest BCUT2D eigenvalue weighted by atomic mass is 16.5. The topological polar surface area (TPSA) is 92.9 Å². The summed E-state index contributed by atoms with van der Waals surface area (Å²) in [5.74, 6) is 1.79. The Bertz CT molecular complexity index is 1140. The van der Waals surface area contributed by atoms with Crippen molar-refractivity contribution in [2.75, 3.05) is 5.32 Å². The van der Waals surface area contributed by atoms with E-state index in [1.54, 1.807) is 19.1 Å². The van der Waals surface area contributed by atoms with Gasteiger partial charge in [-0.1, -0.05) is 65.8 Å². The van der Waals surface area contributed by atoms with Gasteiger partial charge in [0.15, 0.2) is 11.6 Å². The first-order valence-electron chi connectivity index (χ1n) is 9.59. The number of rotatable bonds is 6. The number of nitrogens with zero attached hydrogens (tertiary/aromatic N) is 3. The molecule has 7 heteroatoms. The van der Waals surface area contributed by atoms with Crippen LogP contribution in [0.2, 0.25) is 0 Å². The average molecular weight is 399 g/mol. The first-order chi connectivity index (χ1) is 14.6. The Morgan fingerprint density at radius 1 is 0.933 bits per heavy atom. The second-order valence-corrected chi connectivity index (χ2v) is 6.88. The highest BCUT2D eigenvalue weighted by molar-refractivity contribution is 5.93. The van der Waals surface area contributed by atoms with Crippen molar-refractivity contribution in [1.82, 2.24) is 20.4 Å². The summed E-state index contributed by atoms with van der Waals surface area (Å²) in [5.41, 5.74) is 2.08. The maximum Gasteiger partial charge on any atom is 0.270 e. The lowest BCUT2D eigenvalue weighted by Crippen LogP contribution is -2.27. The van der Waals surface area contributed by atoms with Gasteiger partial charge in [0.05, 0.1) is 6.04 Å². The molecule has 0 saturated carbocycles. The van der Waals surface area contributed by atoms with Gasteiger partial charge in [0.1, 0.15) is 17.3 Å². The van der Waals surface area contributed by atoms with Crippen LogP contribution in [0.15, 0.2) is 77.3 Å². The molecule has 0 aliphatic rings. The molecule has 2 aromatic heterocycles. The molecular formula is C23H21N5O2. The molecule has 0 bridgehead atoms. The number of nitrogens with one attached hydrogen (secondary N) is 2. The van der Waals surface area contributed by atoms with Gasteiger partial charge in [-0.05, 0) is 19.4 Å². The maximum absolute atomic E-state index is 13.0. The largest absolute Gasteiger partial charge is 0.360 e. The smallest absolute Gasteiger partial charge is 0.270 e. The zero-order valence-electron chi connectivity index (χ0n) is 16.7. The summed E-state index contributed by atoms with van der Waals surface area (Å²) >= 11 is 0. The summed E-state index contributed by atoms with van der Waals surface area (Å²) < 4.78 is 5.10. The number of hydrogen-bond donors (Lipinski definition) is 2. The van der Waals surface area contributed by atoms with E-state index in [0.29, 0.717) is 23.2 Å². The lowest BCUT2D eigenvalue weighted by Gasteiger charge is -2.15. The number of carbonyl (C=O) groups is 1. The van der Waals surface area contributed by atoms with E-state index in [1.807, 2.05) is 67.6 Å². The molecule has 0 spiro atoms. The molecule has 2 N–H and O–H groups in total. The lowest BCUT2D eigenvalue weighted by atomic mass is 10.1. The van der Waals surface area contributed by atoms with Gasteiger partial charge < -0.3 is 15.2 Å². The number of aromatic nitrogens is 3. The number of benzene rings is 2. The summed E-state index contributed by atoms with van der Waals surface area (Å²) in [6.07, 6.45) is 0. The van der Waals surface area contributed by atoms with E-state index < -0.39 is 0 Å². The van der Waals surface area contributed by atoms with Crippen molar-refractivity contribution < 1.29 is 9.32 Å². The Hall–Kier alpha value is -4.00. The molecular weight excluding hydrogens is 378 g/mol. The van der Waals surface area contributed by atoms with Crippen LogP contribution in [0.25, 0.3) is 11.4 Å². The molecule has 0 aliphatic heterocycles. The number of amides is 1. The molecule has 150 valence electrons. The molecule has 1 atom stereocenters. The first-order valence-corrected chi connectivity index (χ1v) is 9.59. The van der Waals surface area contributed by atoms with Gasteiger partial charge in [-0.15, -0.1) is 0 Å². The quantitative estimate of drug-likeness (QED) is 0.489. The Labute approximate surface area is 174 Å². The summed E-state index contributed by atoms with van der Waals surface area (Å²) in [5, 5.41) is 10.0.